The molecule has 0 saturated heterocycles. The predicted molar refractivity (Wildman–Crippen MR) is 86.8 cm³/mol. The average molecular weight is 383 g/mol. The summed E-state index contributed by atoms with van der Waals surface area (Å²) in [4.78, 5) is 53.4. The van der Waals surface area contributed by atoms with Gasteiger partial charge in [-0.25, -0.2) is 0 Å². The second kappa shape index (κ2) is 17.1. The van der Waals surface area contributed by atoms with Crippen LogP contribution in [0.4, 0.5) is 0 Å². The minimum atomic E-state index is -1.23. The fourth-order valence-corrected chi connectivity index (χ4v) is 1.48. The van der Waals surface area contributed by atoms with Crippen LogP contribution in [0.5, 0.6) is 0 Å². The third kappa shape index (κ3) is 26.1. The maximum atomic E-state index is 10.6. The highest BCUT2D eigenvalue weighted by molar-refractivity contribution is 5.73. The van der Waals surface area contributed by atoms with E-state index < -0.39 is 56.0 Å². The second-order valence-corrected chi connectivity index (χ2v) is 4.52. The van der Waals surface area contributed by atoms with Gasteiger partial charge < -0.3 is 31.3 Å². The molecule has 13 nitrogen and oxygen atoms in total. The van der Waals surface area contributed by atoms with Crippen LogP contribution in [0.25, 0.3) is 0 Å². The molecule has 0 aromatic carbocycles. The molecule has 7 N–H and O–H groups in total. The Hall–Kier alpha value is -2.77. The third-order valence-corrected chi connectivity index (χ3v) is 2.17. The first-order valence-electron chi connectivity index (χ1n) is 7.03. The largest absolute Gasteiger partial charge is 0.481 e. The van der Waals surface area contributed by atoms with E-state index >= 15 is 0 Å². The van der Waals surface area contributed by atoms with Crippen molar-refractivity contribution in [2.75, 3.05) is 46.3 Å². The number of nitrogens with zero attached hydrogens (tertiary/aromatic N) is 2. The molecule has 0 spiro atoms. The van der Waals surface area contributed by atoms with Crippen LogP contribution in [0, 0.1) is 0 Å². The lowest BCUT2D eigenvalue weighted by atomic mass is 10.4. The summed E-state index contributed by atoms with van der Waals surface area (Å²) in [5.41, 5.74) is 4.50. The Morgan fingerprint density at radius 2 is 0.769 bits per heavy atom. The number of carbonyl (C=O) groups is 5. The molecule has 0 amide bonds. The van der Waals surface area contributed by atoms with Crippen molar-refractivity contribution >= 4 is 29.8 Å². The number of carboxylic acids is 5. The second-order valence-electron chi connectivity index (χ2n) is 4.52. The van der Waals surface area contributed by atoms with E-state index in [0.717, 1.165) is 16.7 Å². The number of carboxylic acid groups (broad SMARTS) is 5. The number of hydrogen-bond donors (Lipinski definition) is 6. The zero-order chi connectivity index (χ0) is 21.3. The number of hydrogen-bond acceptors (Lipinski definition) is 8. The Labute approximate surface area is 149 Å². The first-order valence-corrected chi connectivity index (χ1v) is 7.03. The quantitative estimate of drug-likeness (QED) is 0.219. The number of aliphatic carboxylic acids is 5. The maximum Gasteiger partial charge on any atom is 0.317 e. The smallest absolute Gasteiger partial charge is 0.317 e. The molecular formula is C13H25N3O10. The van der Waals surface area contributed by atoms with Crippen LogP contribution >= 0.6 is 0 Å². The van der Waals surface area contributed by atoms with Crippen molar-refractivity contribution in [2.45, 2.75) is 6.92 Å². The molecule has 0 aliphatic carbocycles. The summed E-state index contributed by atoms with van der Waals surface area (Å²) in [6.07, 6.45) is 0. The lowest BCUT2D eigenvalue weighted by Gasteiger charge is -2.23. The minimum absolute atomic E-state index is 0.0703. The lowest BCUT2D eigenvalue weighted by molar-refractivity contribution is -0.145. The van der Waals surface area contributed by atoms with E-state index in [1.54, 1.807) is 0 Å². The fraction of sp³-hybridized carbons (Fsp3) is 0.615. The van der Waals surface area contributed by atoms with E-state index in [4.69, 9.17) is 30.3 Å². The van der Waals surface area contributed by atoms with Crippen LogP contribution in [0.3, 0.4) is 0 Å². The lowest BCUT2D eigenvalue weighted by Crippen LogP contribution is -2.43. The minimum Gasteiger partial charge on any atom is -0.481 e. The molecule has 0 unspecified atom stereocenters. The van der Waals surface area contributed by atoms with Crippen molar-refractivity contribution in [3.8, 4) is 0 Å². The molecule has 0 bridgehead atoms. The van der Waals surface area contributed by atoms with Crippen LogP contribution in [-0.4, -0.2) is 111 Å². The van der Waals surface area contributed by atoms with Crippen LogP contribution in [0.1, 0.15) is 6.92 Å². The Morgan fingerprint density at radius 1 is 0.615 bits per heavy atom. The Bertz CT molecular complexity index is 397. The standard InChI is InChI=1S/C10H16N2O8.C2H4O2.CH5N/c13-7(14)3-11(4-8(15)16)1-2-12(5-9(17)18)6-10(19)20;1-2(3)4;1-2/h1-6H2,(H,13,14)(H,15,16)(H,17,18)(H,19,20);1H3,(H,3,4);2H2,1H3. The third-order valence-electron chi connectivity index (χ3n) is 2.17. The monoisotopic (exact) mass is 383 g/mol. The van der Waals surface area contributed by atoms with Crippen LogP contribution < -0.4 is 5.73 Å². The fourth-order valence-electron chi connectivity index (χ4n) is 1.48. The van der Waals surface area contributed by atoms with Gasteiger partial charge in [0.05, 0.1) is 26.2 Å². The first-order chi connectivity index (χ1) is 11.9. The van der Waals surface area contributed by atoms with E-state index in [1.165, 1.54) is 7.05 Å². The molecule has 0 radical (unpaired) electrons. The molecule has 152 valence electrons. The van der Waals surface area contributed by atoms with E-state index in [2.05, 4.69) is 5.73 Å². The van der Waals surface area contributed by atoms with E-state index in [0.29, 0.717) is 0 Å². The molecular weight excluding hydrogens is 358 g/mol. The highest BCUT2D eigenvalue weighted by atomic mass is 16.4. The normalized spacial score (nSPS) is 9.42. The maximum absolute atomic E-state index is 10.6. The van der Waals surface area contributed by atoms with Crippen molar-refractivity contribution in [1.29, 1.82) is 0 Å². The van der Waals surface area contributed by atoms with Crippen molar-refractivity contribution in [1.82, 2.24) is 9.80 Å². The summed E-state index contributed by atoms with van der Waals surface area (Å²) in [6, 6.07) is 0. The van der Waals surface area contributed by atoms with Crippen LogP contribution in [0.15, 0.2) is 0 Å². The zero-order valence-electron chi connectivity index (χ0n) is 14.5. The van der Waals surface area contributed by atoms with E-state index in [9.17, 15) is 19.2 Å². The van der Waals surface area contributed by atoms with Gasteiger partial charge in [-0.2, -0.15) is 0 Å². The zero-order valence-corrected chi connectivity index (χ0v) is 14.5. The van der Waals surface area contributed by atoms with Gasteiger partial charge in [-0.05, 0) is 7.05 Å². The summed E-state index contributed by atoms with van der Waals surface area (Å²) in [6.45, 7) is -1.17. The van der Waals surface area contributed by atoms with Crippen LogP contribution in [0.2, 0.25) is 0 Å². The molecule has 0 atom stereocenters. The van der Waals surface area contributed by atoms with E-state index in [1.807, 2.05) is 0 Å². The predicted octanol–water partition coefficient (Wildman–Crippen LogP) is -2.41. The van der Waals surface area contributed by atoms with Gasteiger partial charge in [0.15, 0.2) is 0 Å². The van der Waals surface area contributed by atoms with Crippen LogP contribution in [-0.2, 0) is 24.0 Å². The Kier molecular flexibility index (Phi) is 18.4. The Balaban J connectivity index is -0.000000769. The molecule has 26 heavy (non-hydrogen) atoms. The molecule has 0 fully saturated rings. The van der Waals surface area contributed by atoms with Gasteiger partial charge in [0.2, 0.25) is 0 Å². The van der Waals surface area contributed by atoms with Gasteiger partial charge in [0, 0.05) is 20.0 Å². The van der Waals surface area contributed by atoms with Crippen molar-refractivity contribution in [3.05, 3.63) is 0 Å². The van der Waals surface area contributed by atoms with Gasteiger partial charge >= 0.3 is 23.9 Å². The molecule has 0 aliphatic heterocycles. The van der Waals surface area contributed by atoms with Gasteiger partial charge in [0.25, 0.3) is 5.97 Å². The molecule has 0 heterocycles. The summed E-state index contributed by atoms with van der Waals surface area (Å²) in [7, 11) is 1.50. The average Bonchev–Trinajstić information content (AvgIpc) is 2.43. The first kappa shape index (κ1) is 28.1. The van der Waals surface area contributed by atoms with Gasteiger partial charge in [0.1, 0.15) is 0 Å². The van der Waals surface area contributed by atoms with E-state index in [-0.39, 0.29) is 13.1 Å². The molecule has 0 aromatic heterocycles. The summed E-state index contributed by atoms with van der Waals surface area (Å²) >= 11 is 0. The topological polar surface area (TPSA) is 219 Å². The highest BCUT2D eigenvalue weighted by Gasteiger charge is 2.17. The molecule has 13 heteroatoms. The molecule has 0 aromatic rings. The molecule has 0 saturated carbocycles. The van der Waals surface area contributed by atoms with Gasteiger partial charge in [-0.3, -0.25) is 33.8 Å². The van der Waals surface area contributed by atoms with Crippen molar-refractivity contribution in [2.24, 2.45) is 5.73 Å². The summed E-state index contributed by atoms with van der Waals surface area (Å²) < 4.78 is 0. The van der Waals surface area contributed by atoms with Crippen molar-refractivity contribution < 1.29 is 49.5 Å². The molecule has 0 aliphatic rings. The molecule has 0 rings (SSSR count). The summed E-state index contributed by atoms with van der Waals surface area (Å²) in [5.74, 6) is -5.74. The summed E-state index contributed by atoms with van der Waals surface area (Å²) in [5, 5.41) is 41.9. The highest BCUT2D eigenvalue weighted by Crippen LogP contribution is 1.94. The van der Waals surface area contributed by atoms with Gasteiger partial charge in [-0.1, -0.05) is 0 Å². The van der Waals surface area contributed by atoms with Crippen molar-refractivity contribution in [3.63, 3.8) is 0 Å². The Morgan fingerprint density at radius 3 is 0.885 bits per heavy atom. The number of nitrogens with two attached hydrogens (primary N) is 1. The SMILES string of the molecule is CC(=O)O.CN.O=C(O)CN(CCN(CC(=O)O)CC(=O)O)CC(=O)O. The van der Waals surface area contributed by atoms with Gasteiger partial charge in [-0.15, -0.1) is 0 Å². The number of rotatable bonds is 11.